The average Bonchev–Trinajstić information content (AvgIpc) is 2.72. The summed E-state index contributed by atoms with van der Waals surface area (Å²) in [7, 11) is 2.00. The fourth-order valence-corrected chi connectivity index (χ4v) is 1.56. The summed E-state index contributed by atoms with van der Waals surface area (Å²) in [6.07, 6.45) is 7.53. The molecule has 1 aliphatic rings. The number of imidazole rings is 1. The summed E-state index contributed by atoms with van der Waals surface area (Å²) >= 11 is 0. The van der Waals surface area contributed by atoms with Gasteiger partial charge in [-0.05, 0) is 12.3 Å². The van der Waals surface area contributed by atoms with E-state index in [9.17, 15) is 0 Å². The quantitative estimate of drug-likeness (QED) is 0.731. The molecule has 3 nitrogen and oxygen atoms in total. The molecule has 0 spiro atoms. The lowest BCUT2D eigenvalue weighted by Gasteiger charge is -2.10. The third-order valence-corrected chi connectivity index (χ3v) is 2.52. The van der Waals surface area contributed by atoms with Crippen LogP contribution in [0.25, 0.3) is 0 Å². The van der Waals surface area contributed by atoms with Crippen molar-refractivity contribution < 1.29 is 0 Å². The molecule has 0 saturated heterocycles. The molecule has 0 bridgehead atoms. The highest BCUT2D eigenvalue weighted by Crippen LogP contribution is 2.36. The first kappa shape index (κ1) is 7.80. The molecule has 1 aromatic heterocycles. The van der Waals surface area contributed by atoms with E-state index in [4.69, 9.17) is 5.73 Å². The van der Waals surface area contributed by atoms with Gasteiger partial charge in [-0.3, -0.25) is 0 Å². The number of hydrogen-bond donors (Lipinski definition) is 1. The number of nitrogens with two attached hydrogens (primary N) is 1. The minimum absolute atomic E-state index is 0.185. The van der Waals surface area contributed by atoms with Gasteiger partial charge in [0, 0.05) is 19.3 Å². The van der Waals surface area contributed by atoms with Gasteiger partial charge in [-0.1, -0.05) is 12.8 Å². The van der Waals surface area contributed by atoms with Gasteiger partial charge in [-0.25, -0.2) is 4.98 Å². The minimum atomic E-state index is 0.185. The van der Waals surface area contributed by atoms with Crippen LogP contribution in [0.3, 0.4) is 0 Å². The Morgan fingerprint density at radius 1 is 1.75 bits per heavy atom. The number of aryl methyl sites for hydroxylation is 1. The number of rotatable bonds is 3. The van der Waals surface area contributed by atoms with Gasteiger partial charge >= 0.3 is 0 Å². The van der Waals surface area contributed by atoms with Crippen LogP contribution in [0.1, 0.15) is 31.0 Å². The zero-order chi connectivity index (χ0) is 8.55. The van der Waals surface area contributed by atoms with Gasteiger partial charge in [-0.2, -0.15) is 0 Å². The van der Waals surface area contributed by atoms with E-state index in [1.807, 2.05) is 24.1 Å². The van der Waals surface area contributed by atoms with Crippen LogP contribution in [0.5, 0.6) is 0 Å². The van der Waals surface area contributed by atoms with Crippen molar-refractivity contribution in [3.8, 4) is 0 Å². The van der Waals surface area contributed by atoms with Crippen molar-refractivity contribution in [3.63, 3.8) is 0 Å². The first-order valence-electron chi connectivity index (χ1n) is 4.49. The second-order valence-corrected chi connectivity index (χ2v) is 3.71. The van der Waals surface area contributed by atoms with E-state index in [1.165, 1.54) is 12.8 Å². The third-order valence-electron chi connectivity index (χ3n) is 2.52. The number of nitrogens with zero attached hydrogens (tertiary/aromatic N) is 2. The van der Waals surface area contributed by atoms with E-state index in [2.05, 4.69) is 4.98 Å². The maximum Gasteiger partial charge on any atom is 0.0946 e. The van der Waals surface area contributed by atoms with Gasteiger partial charge < -0.3 is 10.3 Å². The molecule has 1 atom stereocenters. The van der Waals surface area contributed by atoms with Crippen LogP contribution in [-0.4, -0.2) is 9.55 Å². The maximum absolute atomic E-state index is 6.02. The average molecular weight is 165 g/mol. The lowest BCUT2D eigenvalue weighted by Crippen LogP contribution is -2.14. The van der Waals surface area contributed by atoms with Crippen molar-refractivity contribution in [3.05, 3.63) is 18.2 Å². The molecule has 12 heavy (non-hydrogen) atoms. The van der Waals surface area contributed by atoms with Crippen LogP contribution in [0.4, 0.5) is 0 Å². The summed E-state index contributed by atoms with van der Waals surface area (Å²) in [5.74, 6) is 0.884. The van der Waals surface area contributed by atoms with Crippen molar-refractivity contribution in [1.29, 1.82) is 0 Å². The normalized spacial score (nSPS) is 19.5. The fourth-order valence-electron chi connectivity index (χ4n) is 1.56. The Morgan fingerprint density at radius 2 is 2.50 bits per heavy atom. The molecule has 2 rings (SSSR count). The molecule has 0 amide bonds. The molecular weight excluding hydrogens is 150 g/mol. The van der Waals surface area contributed by atoms with Gasteiger partial charge in [0.1, 0.15) is 0 Å². The van der Waals surface area contributed by atoms with Gasteiger partial charge in [-0.15, -0.1) is 0 Å². The summed E-state index contributed by atoms with van der Waals surface area (Å²) in [6, 6.07) is 0.185. The fraction of sp³-hybridized carbons (Fsp3) is 0.667. The lowest BCUT2D eigenvalue weighted by molar-refractivity contribution is 0.565. The van der Waals surface area contributed by atoms with Crippen molar-refractivity contribution in [2.24, 2.45) is 18.7 Å². The van der Waals surface area contributed by atoms with E-state index in [0.717, 1.165) is 18.0 Å². The highest BCUT2D eigenvalue weighted by atomic mass is 15.0. The van der Waals surface area contributed by atoms with Crippen LogP contribution in [-0.2, 0) is 7.05 Å². The first-order chi connectivity index (χ1) is 5.77. The monoisotopic (exact) mass is 165 g/mol. The second-order valence-electron chi connectivity index (χ2n) is 3.71. The number of hydrogen-bond acceptors (Lipinski definition) is 2. The standard InChI is InChI=1S/C9H15N3/c1-12-6-11-5-9(12)8(10)4-7-2-3-7/h5-8H,2-4,10H2,1H3. The zero-order valence-electron chi connectivity index (χ0n) is 7.40. The number of aromatic nitrogens is 2. The predicted octanol–water partition coefficient (Wildman–Crippen LogP) is 1.22. The Morgan fingerprint density at radius 3 is 3.00 bits per heavy atom. The molecule has 1 aliphatic carbocycles. The first-order valence-corrected chi connectivity index (χ1v) is 4.49. The Hall–Kier alpha value is -0.830. The van der Waals surface area contributed by atoms with Crippen LogP contribution in [0.15, 0.2) is 12.5 Å². The highest BCUT2D eigenvalue weighted by molar-refractivity contribution is 5.04. The second kappa shape index (κ2) is 2.90. The molecule has 1 heterocycles. The third kappa shape index (κ3) is 1.50. The molecule has 1 saturated carbocycles. The molecule has 0 aromatic carbocycles. The van der Waals surface area contributed by atoms with Gasteiger partial charge in [0.25, 0.3) is 0 Å². The van der Waals surface area contributed by atoms with Crippen molar-refractivity contribution in [2.75, 3.05) is 0 Å². The topological polar surface area (TPSA) is 43.8 Å². The summed E-state index contributed by atoms with van der Waals surface area (Å²) in [5.41, 5.74) is 7.17. The van der Waals surface area contributed by atoms with Crippen molar-refractivity contribution in [2.45, 2.75) is 25.3 Å². The summed E-state index contributed by atoms with van der Waals surface area (Å²) in [4.78, 5) is 4.05. The molecule has 0 aliphatic heterocycles. The highest BCUT2D eigenvalue weighted by Gasteiger charge is 2.25. The van der Waals surface area contributed by atoms with Crippen LogP contribution in [0.2, 0.25) is 0 Å². The molecular formula is C9H15N3. The van der Waals surface area contributed by atoms with Crippen LogP contribution in [0, 0.1) is 5.92 Å². The Balaban J connectivity index is 2.02. The van der Waals surface area contributed by atoms with E-state index < -0.39 is 0 Å². The van der Waals surface area contributed by atoms with E-state index in [1.54, 1.807) is 0 Å². The molecule has 1 fully saturated rings. The van der Waals surface area contributed by atoms with Crippen molar-refractivity contribution >= 4 is 0 Å². The summed E-state index contributed by atoms with van der Waals surface area (Å²) in [6.45, 7) is 0. The van der Waals surface area contributed by atoms with Gasteiger partial charge in [0.15, 0.2) is 0 Å². The van der Waals surface area contributed by atoms with Crippen LogP contribution >= 0.6 is 0 Å². The van der Waals surface area contributed by atoms with E-state index >= 15 is 0 Å². The Kier molecular flexibility index (Phi) is 1.89. The summed E-state index contributed by atoms with van der Waals surface area (Å²) in [5, 5.41) is 0. The molecule has 1 aromatic rings. The zero-order valence-corrected chi connectivity index (χ0v) is 7.40. The van der Waals surface area contributed by atoms with Gasteiger partial charge in [0.05, 0.1) is 12.0 Å². The Bertz CT molecular complexity index is 262. The van der Waals surface area contributed by atoms with Crippen molar-refractivity contribution in [1.82, 2.24) is 9.55 Å². The smallest absolute Gasteiger partial charge is 0.0946 e. The van der Waals surface area contributed by atoms with E-state index in [0.29, 0.717) is 0 Å². The largest absolute Gasteiger partial charge is 0.336 e. The SMILES string of the molecule is Cn1cncc1C(N)CC1CC1. The molecule has 2 N–H and O–H groups in total. The molecule has 0 radical (unpaired) electrons. The predicted molar refractivity (Wildman–Crippen MR) is 47.5 cm³/mol. The molecule has 3 heteroatoms. The Labute approximate surface area is 72.6 Å². The molecule has 1 unspecified atom stereocenters. The summed E-state index contributed by atoms with van der Waals surface area (Å²) < 4.78 is 2.01. The van der Waals surface area contributed by atoms with Crippen LogP contribution < -0.4 is 5.73 Å². The maximum atomic E-state index is 6.02. The molecule has 66 valence electrons. The van der Waals surface area contributed by atoms with Gasteiger partial charge in [0.2, 0.25) is 0 Å². The minimum Gasteiger partial charge on any atom is -0.336 e. The lowest BCUT2D eigenvalue weighted by atomic mass is 10.1. The van der Waals surface area contributed by atoms with E-state index in [-0.39, 0.29) is 6.04 Å².